The summed E-state index contributed by atoms with van der Waals surface area (Å²) in [5, 5.41) is 5.86. The van der Waals surface area contributed by atoms with Crippen molar-refractivity contribution in [3.63, 3.8) is 0 Å². The third-order valence-electron chi connectivity index (χ3n) is 5.00. The molecule has 0 saturated carbocycles. The summed E-state index contributed by atoms with van der Waals surface area (Å²) < 4.78 is 3.94. The normalized spacial score (nSPS) is 11.1. The van der Waals surface area contributed by atoms with Crippen LogP contribution in [0.2, 0.25) is 0 Å². The predicted octanol–water partition coefficient (Wildman–Crippen LogP) is 6.68. The molecule has 0 aliphatic rings. The number of nitrogens with zero attached hydrogens (tertiary/aromatic N) is 2. The molecule has 6 nitrogen and oxygen atoms in total. The van der Waals surface area contributed by atoms with Gasteiger partial charge in [-0.1, -0.05) is 53.9 Å². The molecule has 5 rings (SSSR count). The van der Waals surface area contributed by atoms with E-state index in [4.69, 9.17) is 0 Å². The zero-order valence-corrected chi connectivity index (χ0v) is 21.9. The highest BCUT2D eigenvalue weighted by molar-refractivity contribution is 8.02. The average Bonchev–Trinajstić information content (AvgIpc) is 3.47. The van der Waals surface area contributed by atoms with Crippen molar-refractivity contribution in [1.82, 2.24) is 9.97 Å². The summed E-state index contributed by atoms with van der Waals surface area (Å²) in [5.41, 5.74) is 4.13. The van der Waals surface area contributed by atoms with Crippen LogP contribution in [0.15, 0.2) is 75.4 Å². The van der Waals surface area contributed by atoms with Gasteiger partial charge in [0.2, 0.25) is 11.8 Å². The molecule has 2 amide bonds. The first-order chi connectivity index (χ1) is 17.0. The number of amides is 2. The highest BCUT2D eigenvalue weighted by Gasteiger charge is 2.12. The van der Waals surface area contributed by atoms with Gasteiger partial charge in [-0.25, -0.2) is 9.97 Å². The first-order valence-corrected chi connectivity index (χ1v) is 14.3. The fraction of sp³-hybridized carbons (Fsp3) is 0.120. The first-order valence-electron chi connectivity index (χ1n) is 10.7. The van der Waals surface area contributed by atoms with E-state index in [2.05, 4.69) is 20.6 Å². The topological polar surface area (TPSA) is 84.0 Å². The van der Waals surface area contributed by atoms with E-state index < -0.39 is 0 Å². The summed E-state index contributed by atoms with van der Waals surface area (Å²) in [6.45, 7) is 1.92. The Bertz CT molecular complexity index is 1460. The second kappa shape index (κ2) is 10.8. The summed E-state index contributed by atoms with van der Waals surface area (Å²) in [4.78, 5) is 34.2. The molecule has 10 heteroatoms. The van der Waals surface area contributed by atoms with E-state index in [1.165, 1.54) is 23.5 Å². The Kier molecular flexibility index (Phi) is 7.33. The van der Waals surface area contributed by atoms with Gasteiger partial charge < -0.3 is 10.6 Å². The van der Waals surface area contributed by atoms with Crippen molar-refractivity contribution >= 4 is 89.8 Å². The van der Waals surface area contributed by atoms with Crippen molar-refractivity contribution in [2.75, 3.05) is 22.1 Å². The van der Waals surface area contributed by atoms with E-state index in [9.17, 15) is 9.59 Å². The minimum Gasteiger partial charge on any atom is -0.325 e. The molecule has 0 spiro atoms. The van der Waals surface area contributed by atoms with E-state index in [1.807, 2.05) is 67.6 Å². The SMILES string of the molecule is Cc1ccc(NC(=O)CSc2nc3ccccc3s2)cc1NC(=O)CSc1nc2ccccc2s1. The van der Waals surface area contributed by atoms with Gasteiger partial charge in [0.05, 0.1) is 31.9 Å². The molecule has 0 fully saturated rings. The Morgan fingerprint density at radius 1 is 0.771 bits per heavy atom. The lowest BCUT2D eigenvalue weighted by Gasteiger charge is -2.11. The number of para-hydroxylation sites is 2. The molecule has 2 heterocycles. The minimum absolute atomic E-state index is 0.118. The van der Waals surface area contributed by atoms with Crippen molar-refractivity contribution in [2.24, 2.45) is 0 Å². The van der Waals surface area contributed by atoms with Gasteiger partial charge in [0, 0.05) is 11.4 Å². The second-order valence-corrected chi connectivity index (χ2v) is 12.1. The average molecular weight is 537 g/mol. The molecule has 0 unspecified atom stereocenters. The van der Waals surface area contributed by atoms with E-state index in [0.717, 1.165) is 34.7 Å². The predicted molar refractivity (Wildman–Crippen MR) is 149 cm³/mol. The number of hydrogen-bond donors (Lipinski definition) is 2. The van der Waals surface area contributed by atoms with Gasteiger partial charge in [-0.15, -0.1) is 22.7 Å². The highest BCUT2D eigenvalue weighted by Crippen LogP contribution is 2.31. The fourth-order valence-electron chi connectivity index (χ4n) is 3.30. The molecule has 0 aliphatic carbocycles. The highest BCUT2D eigenvalue weighted by atomic mass is 32.2. The van der Waals surface area contributed by atoms with Crippen LogP contribution in [0.25, 0.3) is 20.4 Å². The maximum Gasteiger partial charge on any atom is 0.234 e. The van der Waals surface area contributed by atoms with Crippen LogP contribution in [0.5, 0.6) is 0 Å². The number of nitrogens with one attached hydrogen (secondary N) is 2. The number of carbonyl (C=O) groups excluding carboxylic acids is 2. The lowest BCUT2D eigenvalue weighted by molar-refractivity contribution is -0.114. The zero-order valence-electron chi connectivity index (χ0n) is 18.6. The molecule has 2 N–H and O–H groups in total. The maximum absolute atomic E-state index is 12.6. The number of aryl methyl sites for hydroxylation is 1. The lowest BCUT2D eigenvalue weighted by atomic mass is 10.2. The number of benzene rings is 3. The Hall–Kier alpha value is -2.92. The van der Waals surface area contributed by atoms with Gasteiger partial charge in [-0.05, 0) is 48.9 Å². The molecule has 0 aliphatic heterocycles. The molecule has 0 radical (unpaired) electrons. The van der Waals surface area contributed by atoms with Crippen LogP contribution in [-0.2, 0) is 9.59 Å². The summed E-state index contributed by atoms with van der Waals surface area (Å²) in [7, 11) is 0. The van der Waals surface area contributed by atoms with Crippen LogP contribution < -0.4 is 10.6 Å². The van der Waals surface area contributed by atoms with E-state index in [0.29, 0.717) is 11.4 Å². The van der Waals surface area contributed by atoms with Crippen molar-refractivity contribution in [3.05, 3.63) is 72.3 Å². The fourth-order valence-corrected chi connectivity index (χ4v) is 7.03. The first kappa shape index (κ1) is 23.8. The van der Waals surface area contributed by atoms with Crippen molar-refractivity contribution < 1.29 is 9.59 Å². The number of thiazole rings is 2. The van der Waals surface area contributed by atoms with Gasteiger partial charge in [0.1, 0.15) is 0 Å². The Labute approximate surface area is 218 Å². The number of aromatic nitrogens is 2. The van der Waals surface area contributed by atoms with Crippen LogP contribution >= 0.6 is 46.2 Å². The Balaban J connectivity index is 1.15. The van der Waals surface area contributed by atoms with Crippen LogP contribution in [-0.4, -0.2) is 33.3 Å². The number of anilines is 2. The van der Waals surface area contributed by atoms with Gasteiger partial charge in [0.15, 0.2) is 8.68 Å². The number of carbonyl (C=O) groups is 2. The summed E-state index contributed by atoms with van der Waals surface area (Å²) >= 11 is 5.99. The van der Waals surface area contributed by atoms with Gasteiger partial charge in [-0.3, -0.25) is 9.59 Å². The zero-order chi connectivity index (χ0) is 24.2. The number of fused-ring (bicyclic) bond motifs is 2. The van der Waals surface area contributed by atoms with E-state index in [-0.39, 0.29) is 23.3 Å². The smallest absolute Gasteiger partial charge is 0.234 e. The quantitative estimate of drug-likeness (QED) is 0.215. The Morgan fingerprint density at radius 3 is 1.89 bits per heavy atom. The molecule has 3 aromatic carbocycles. The van der Waals surface area contributed by atoms with Crippen LogP contribution in [0.1, 0.15) is 5.56 Å². The Morgan fingerprint density at radius 2 is 1.31 bits per heavy atom. The van der Waals surface area contributed by atoms with E-state index >= 15 is 0 Å². The summed E-state index contributed by atoms with van der Waals surface area (Å²) in [6, 6.07) is 21.4. The molecule has 0 atom stereocenters. The van der Waals surface area contributed by atoms with Crippen molar-refractivity contribution in [2.45, 2.75) is 15.6 Å². The van der Waals surface area contributed by atoms with Crippen LogP contribution in [0, 0.1) is 6.92 Å². The molecule has 0 bridgehead atoms. The molecular weight excluding hydrogens is 517 g/mol. The van der Waals surface area contributed by atoms with Crippen molar-refractivity contribution in [3.8, 4) is 0 Å². The van der Waals surface area contributed by atoms with Gasteiger partial charge in [-0.2, -0.15) is 0 Å². The molecule has 176 valence electrons. The third-order valence-corrected chi connectivity index (χ3v) is 9.36. The second-order valence-electron chi connectivity index (χ2n) is 7.60. The standard InChI is InChI=1S/C25H20N4O2S4/c1-15-10-11-16(26-22(30)13-32-24-28-17-6-2-4-8-20(17)34-24)12-19(15)27-23(31)14-33-25-29-18-7-3-5-9-21(18)35-25/h2-12H,13-14H2,1H3,(H,26,30)(H,27,31). The molecule has 5 aromatic rings. The molecule has 35 heavy (non-hydrogen) atoms. The minimum atomic E-state index is -0.123. The third kappa shape index (κ3) is 6.02. The van der Waals surface area contributed by atoms with Gasteiger partial charge >= 0.3 is 0 Å². The largest absolute Gasteiger partial charge is 0.325 e. The number of rotatable bonds is 8. The van der Waals surface area contributed by atoms with Crippen LogP contribution in [0.3, 0.4) is 0 Å². The van der Waals surface area contributed by atoms with E-state index in [1.54, 1.807) is 28.7 Å². The molecule has 2 aromatic heterocycles. The van der Waals surface area contributed by atoms with Crippen LogP contribution in [0.4, 0.5) is 11.4 Å². The number of hydrogen-bond acceptors (Lipinski definition) is 8. The molecular formula is C25H20N4O2S4. The van der Waals surface area contributed by atoms with Gasteiger partial charge in [0.25, 0.3) is 0 Å². The molecule has 0 saturated heterocycles. The summed E-state index contributed by atoms with van der Waals surface area (Å²) in [5.74, 6) is 0.275. The van der Waals surface area contributed by atoms with Crippen molar-refractivity contribution in [1.29, 1.82) is 0 Å². The summed E-state index contributed by atoms with van der Waals surface area (Å²) in [6.07, 6.45) is 0. The number of thioether (sulfide) groups is 2. The lowest BCUT2D eigenvalue weighted by Crippen LogP contribution is -2.16. The maximum atomic E-state index is 12.6. The monoisotopic (exact) mass is 536 g/mol.